The van der Waals surface area contributed by atoms with Crippen molar-refractivity contribution in [1.29, 1.82) is 0 Å². The fourth-order valence-corrected chi connectivity index (χ4v) is 4.84. The van der Waals surface area contributed by atoms with Crippen LogP contribution in [0, 0.1) is 6.92 Å². The standard InChI is InChI=1S/C27H34N6O3/c1-20-4-3-5-21(19-34)26(20)31(2)25-6-7-28-27(30-25)29-22-16-23(32-8-12-35-13-9-32)18-24(17-22)33-10-14-36-15-11-33/h3-7,16-18,34H,8-15,19H2,1-2H3,(H,28,29,30). The minimum atomic E-state index is -0.0316. The molecule has 2 N–H and O–H groups in total. The van der Waals surface area contributed by atoms with E-state index in [2.05, 4.69) is 38.3 Å². The van der Waals surface area contributed by atoms with Crippen LogP contribution < -0.4 is 20.0 Å². The van der Waals surface area contributed by atoms with Gasteiger partial charge in [0, 0.05) is 62.0 Å². The average molecular weight is 491 g/mol. The van der Waals surface area contributed by atoms with Crippen LogP contribution in [0.15, 0.2) is 48.7 Å². The molecule has 0 aliphatic carbocycles. The second-order valence-electron chi connectivity index (χ2n) is 9.10. The van der Waals surface area contributed by atoms with E-state index in [-0.39, 0.29) is 6.61 Å². The molecule has 2 aromatic carbocycles. The Bertz CT molecular complexity index is 1140. The van der Waals surface area contributed by atoms with Crippen LogP contribution in [0.4, 0.5) is 34.5 Å². The zero-order valence-electron chi connectivity index (χ0n) is 21.0. The molecule has 0 spiro atoms. The Labute approximate surface area is 212 Å². The molecule has 0 radical (unpaired) electrons. The monoisotopic (exact) mass is 490 g/mol. The summed E-state index contributed by atoms with van der Waals surface area (Å²) in [6, 6.07) is 14.4. The molecule has 2 aliphatic heterocycles. The third kappa shape index (κ3) is 5.38. The Hall–Kier alpha value is -3.40. The summed E-state index contributed by atoms with van der Waals surface area (Å²) < 4.78 is 11.1. The molecule has 0 bridgehead atoms. The molecule has 5 rings (SSSR count). The molecule has 1 aromatic heterocycles. The molecular formula is C27H34N6O3. The average Bonchev–Trinajstić information content (AvgIpc) is 2.93. The highest BCUT2D eigenvalue weighted by atomic mass is 16.5. The van der Waals surface area contributed by atoms with Crippen molar-refractivity contribution in [3.63, 3.8) is 0 Å². The van der Waals surface area contributed by atoms with Crippen LogP contribution in [-0.2, 0) is 16.1 Å². The normalized spacial score (nSPS) is 16.2. The molecule has 0 amide bonds. The van der Waals surface area contributed by atoms with Gasteiger partial charge in [0.1, 0.15) is 5.82 Å². The third-order valence-electron chi connectivity index (χ3n) is 6.72. The van der Waals surface area contributed by atoms with E-state index in [0.29, 0.717) is 5.95 Å². The predicted molar refractivity (Wildman–Crippen MR) is 143 cm³/mol. The Balaban J connectivity index is 1.44. The van der Waals surface area contributed by atoms with Gasteiger partial charge < -0.3 is 34.6 Å². The molecule has 2 aliphatic rings. The van der Waals surface area contributed by atoms with Gasteiger partial charge in [-0.3, -0.25) is 0 Å². The van der Waals surface area contributed by atoms with E-state index in [0.717, 1.165) is 92.3 Å². The Morgan fingerprint density at radius 2 is 1.58 bits per heavy atom. The summed E-state index contributed by atoms with van der Waals surface area (Å²) >= 11 is 0. The number of ether oxygens (including phenoxy) is 2. The van der Waals surface area contributed by atoms with Crippen molar-refractivity contribution in [2.75, 3.05) is 79.7 Å². The Morgan fingerprint density at radius 3 is 2.19 bits per heavy atom. The van der Waals surface area contributed by atoms with Crippen molar-refractivity contribution < 1.29 is 14.6 Å². The van der Waals surface area contributed by atoms with E-state index in [1.807, 2.05) is 43.1 Å². The highest BCUT2D eigenvalue weighted by Gasteiger charge is 2.18. The summed E-state index contributed by atoms with van der Waals surface area (Å²) in [5.41, 5.74) is 6.14. The number of benzene rings is 2. The molecule has 9 nitrogen and oxygen atoms in total. The van der Waals surface area contributed by atoms with Crippen LogP contribution in [0.25, 0.3) is 0 Å². The summed E-state index contributed by atoms with van der Waals surface area (Å²) in [5, 5.41) is 13.3. The number of aryl methyl sites for hydroxylation is 1. The molecule has 36 heavy (non-hydrogen) atoms. The van der Waals surface area contributed by atoms with E-state index in [4.69, 9.17) is 14.5 Å². The first-order chi connectivity index (χ1) is 17.6. The molecule has 0 unspecified atom stereocenters. The van der Waals surface area contributed by atoms with Gasteiger partial charge in [0.05, 0.1) is 38.7 Å². The minimum Gasteiger partial charge on any atom is -0.392 e. The van der Waals surface area contributed by atoms with Crippen LogP contribution in [0.1, 0.15) is 11.1 Å². The SMILES string of the molecule is Cc1cccc(CO)c1N(C)c1ccnc(Nc2cc(N3CCOCC3)cc(N3CCOCC3)c2)n1. The summed E-state index contributed by atoms with van der Waals surface area (Å²) in [5.74, 6) is 1.26. The predicted octanol–water partition coefficient (Wildman–Crippen LogP) is 3.46. The number of rotatable bonds is 7. The van der Waals surface area contributed by atoms with E-state index < -0.39 is 0 Å². The second kappa shape index (κ2) is 11.1. The van der Waals surface area contributed by atoms with Gasteiger partial charge in [-0.1, -0.05) is 18.2 Å². The Kier molecular flexibility index (Phi) is 7.50. The van der Waals surface area contributed by atoms with Gasteiger partial charge in [0.25, 0.3) is 0 Å². The second-order valence-corrected chi connectivity index (χ2v) is 9.10. The number of aliphatic hydroxyl groups excluding tert-OH is 1. The largest absolute Gasteiger partial charge is 0.392 e. The number of aromatic nitrogens is 2. The minimum absolute atomic E-state index is 0.0316. The van der Waals surface area contributed by atoms with Crippen LogP contribution >= 0.6 is 0 Å². The van der Waals surface area contributed by atoms with Crippen LogP contribution in [0.3, 0.4) is 0 Å². The highest BCUT2D eigenvalue weighted by Crippen LogP contribution is 2.32. The molecule has 3 aromatic rings. The topological polar surface area (TPSA) is 86.2 Å². The summed E-state index contributed by atoms with van der Waals surface area (Å²) in [7, 11) is 1.96. The fourth-order valence-electron chi connectivity index (χ4n) is 4.84. The number of nitrogens with one attached hydrogen (secondary N) is 1. The lowest BCUT2D eigenvalue weighted by atomic mass is 10.1. The number of hydrogen-bond acceptors (Lipinski definition) is 9. The van der Waals surface area contributed by atoms with E-state index in [9.17, 15) is 5.11 Å². The van der Waals surface area contributed by atoms with Crippen LogP contribution in [0.5, 0.6) is 0 Å². The van der Waals surface area contributed by atoms with Gasteiger partial charge in [-0.25, -0.2) is 4.98 Å². The number of nitrogens with zero attached hydrogens (tertiary/aromatic N) is 5. The molecule has 2 saturated heterocycles. The summed E-state index contributed by atoms with van der Waals surface area (Å²) in [6.07, 6.45) is 1.76. The molecule has 190 valence electrons. The van der Waals surface area contributed by atoms with Crippen molar-refractivity contribution in [3.05, 3.63) is 59.8 Å². The van der Waals surface area contributed by atoms with Crippen molar-refractivity contribution in [2.24, 2.45) is 0 Å². The van der Waals surface area contributed by atoms with Gasteiger partial charge in [-0.2, -0.15) is 4.98 Å². The third-order valence-corrected chi connectivity index (χ3v) is 6.72. The molecule has 0 saturated carbocycles. The van der Waals surface area contributed by atoms with E-state index in [1.165, 1.54) is 0 Å². The molecule has 2 fully saturated rings. The maximum Gasteiger partial charge on any atom is 0.229 e. The van der Waals surface area contributed by atoms with E-state index >= 15 is 0 Å². The van der Waals surface area contributed by atoms with E-state index in [1.54, 1.807) is 6.20 Å². The molecule has 9 heteroatoms. The summed E-state index contributed by atoms with van der Waals surface area (Å²) in [6.45, 7) is 8.41. The first-order valence-electron chi connectivity index (χ1n) is 12.5. The van der Waals surface area contributed by atoms with Crippen LogP contribution in [-0.4, -0.2) is 74.7 Å². The van der Waals surface area contributed by atoms with Gasteiger partial charge in [-0.15, -0.1) is 0 Å². The lowest BCUT2D eigenvalue weighted by Gasteiger charge is -2.33. The fraction of sp³-hybridized carbons (Fsp3) is 0.407. The van der Waals surface area contributed by atoms with Gasteiger partial charge in [0.15, 0.2) is 0 Å². The molecule has 3 heterocycles. The number of hydrogen-bond donors (Lipinski definition) is 2. The van der Waals surface area contributed by atoms with Crippen LogP contribution in [0.2, 0.25) is 0 Å². The zero-order chi connectivity index (χ0) is 24.9. The lowest BCUT2D eigenvalue weighted by Crippen LogP contribution is -2.38. The number of morpholine rings is 2. The smallest absolute Gasteiger partial charge is 0.229 e. The maximum atomic E-state index is 9.86. The Morgan fingerprint density at radius 1 is 0.944 bits per heavy atom. The van der Waals surface area contributed by atoms with Gasteiger partial charge in [0.2, 0.25) is 5.95 Å². The lowest BCUT2D eigenvalue weighted by molar-refractivity contribution is 0.122. The number of para-hydroxylation sites is 1. The van der Waals surface area contributed by atoms with Gasteiger partial charge in [-0.05, 0) is 36.8 Å². The maximum absolute atomic E-state index is 9.86. The van der Waals surface area contributed by atoms with Crippen molar-refractivity contribution in [3.8, 4) is 0 Å². The first kappa shape index (κ1) is 24.3. The molecule has 0 atom stereocenters. The zero-order valence-corrected chi connectivity index (χ0v) is 21.0. The number of anilines is 6. The van der Waals surface area contributed by atoms with Crippen molar-refractivity contribution >= 4 is 34.5 Å². The quantitative estimate of drug-likeness (QED) is 0.517. The highest BCUT2D eigenvalue weighted by molar-refractivity contribution is 5.72. The molecular weight excluding hydrogens is 456 g/mol. The summed E-state index contributed by atoms with van der Waals surface area (Å²) in [4.78, 5) is 16.0. The number of aliphatic hydroxyl groups is 1. The van der Waals surface area contributed by atoms with Crippen molar-refractivity contribution in [2.45, 2.75) is 13.5 Å². The van der Waals surface area contributed by atoms with Gasteiger partial charge >= 0.3 is 0 Å². The van der Waals surface area contributed by atoms with Crippen molar-refractivity contribution in [1.82, 2.24) is 9.97 Å². The first-order valence-corrected chi connectivity index (χ1v) is 12.5.